The molecule has 0 radical (unpaired) electrons. The first kappa shape index (κ1) is 11.0. The Kier molecular flexibility index (Phi) is 3.76. The van der Waals surface area contributed by atoms with Gasteiger partial charge in [-0.3, -0.25) is 0 Å². The van der Waals surface area contributed by atoms with E-state index >= 15 is 0 Å². The number of carboxylic acid groups (broad SMARTS) is 1. The summed E-state index contributed by atoms with van der Waals surface area (Å²) in [6, 6.07) is 3.05. The third-order valence-electron chi connectivity index (χ3n) is 1.56. The van der Waals surface area contributed by atoms with Gasteiger partial charge < -0.3 is 5.11 Å². The summed E-state index contributed by atoms with van der Waals surface area (Å²) in [7, 11) is 0. The summed E-state index contributed by atoms with van der Waals surface area (Å²) >= 11 is 12.3. The van der Waals surface area contributed by atoms with Crippen LogP contribution < -0.4 is 0 Å². The molecule has 0 amide bonds. The van der Waals surface area contributed by atoms with E-state index in [0.717, 1.165) is 0 Å². The second kappa shape index (κ2) is 4.44. The van der Waals surface area contributed by atoms with Gasteiger partial charge in [-0.15, -0.1) is 0 Å². The minimum Gasteiger partial charge on any atom is -0.478 e. The molecule has 1 rings (SSSR count). The van der Waals surface area contributed by atoms with E-state index in [0.29, 0.717) is 20.4 Å². The van der Waals surface area contributed by atoms with E-state index in [1.165, 1.54) is 6.07 Å². The van der Waals surface area contributed by atoms with Crippen molar-refractivity contribution in [1.82, 2.24) is 0 Å². The molecule has 13 heavy (non-hydrogen) atoms. The fraction of sp³-hybridized carbons (Fsp3) is 0.125. The summed E-state index contributed by atoms with van der Waals surface area (Å²) in [5.41, 5.74) is 0.910. The number of aromatic carboxylic acids is 1. The standard InChI is InChI=1S/C8H5Br2ClO2/c9-3-5-4(8(12)13)1-2-6(11)7(5)10/h1-2H,3H2,(H,12,13). The molecule has 1 N–H and O–H groups in total. The third-order valence-corrected chi connectivity index (χ3v) is 3.57. The molecule has 0 saturated heterocycles. The Balaban J connectivity index is 3.38. The largest absolute Gasteiger partial charge is 0.478 e. The van der Waals surface area contributed by atoms with Crippen molar-refractivity contribution in [2.24, 2.45) is 0 Å². The molecule has 1 aromatic carbocycles. The number of alkyl halides is 1. The van der Waals surface area contributed by atoms with E-state index in [9.17, 15) is 4.79 Å². The molecule has 0 heterocycles. The highest BCUT2D eigenvalue weighted by Gasteiger charge is 2.13. The highest BCUT2D eigenvalue weighted by atomic mass is 79.9. The number of carbonyl (C=O) groups is 1. The quantitative estimate of drug-likeness (QED) is 0.841. The zero-order valence-corrected chi connectivity index (χ0v) is 10.3. The molecule has 0 spiro atoms. The zero-order chi connectivity index (χ0) is 10.0. The van der Waals surface area contributed by atoms with E-state index < -0.39 is 5.97 Å². The normalized spacial score (nSPS) is 10.1. The van der Waals surface area contributed by atoms with Crippen molar-refractivity contribution in [2.45, 2.75) is 5.33 Å². The zero-order valence-electron chi connectivity index (χ0n) is 6.35. The molecule has 0 aromatic heterocycles. The first-order chi connectivity index (χ1) is 6.07. The Morgan fingerprint density at radius 3 is 2.62 bits per heavy atom. The second-order valence-electron chi connectivity index (χ2n) is 2.33. The molecular formula is C8H5Br2ClO2. The maximum absolute atomic E-state index is 10.8. The van der Waals surface area contributed by atoms with Gasteiger partial charge in [0.1, 0.15) is 0 Å². The van der Waals surface area contributed by atoms with Gasteiger partial charge in [-0.1, -0.05) is 27.5 Å². The van der Waals surface area contributed by atoms with Crippen molar-refractivity contribution in [3.8, 4) is 0 Å². The van der Waals surface area contributed by atoms with Crippen molar-refractivity contribution in [1.29, 1.82) is 0 Å². The average Bonchev–Trinajstić information content (AvgIpc) is 2.09. The van der Waals surface area contributed by atoms with Crippen LogP contribution in [0.3, 0.4) is 0 Å². The first-order valence-electron chi connectivity index (χ1n) is 3.34. The lowest BCUT2D eigenvalue weighted by molar-refractivity contribution is 0.0696. The van der Waals surface area contributed by atoms with Gasteiger partial charge in [0.2, 0.25) is 0 Å². The predicted octanol–water partition coefficient (Wildman–Crippen LogP) is 3.70. The highest BCUT2D eigenvalue weighted by molar-refractivity contribution is 9.10. The van der Waals surface area contributed by atoms with Gasteiger partial charge in [0, 0.05) is 9.80 Å². The lowest BCUT2D eigenvalue weighted by Crippen LogP contribution is -2.01. The van der Waals surface area contributed by atoms with E-state index in [1.54, 1.807) is 6.07 Å². The predicted molar refractivity (Wildman–Crippen MR) is 58.7 cm³/mol. The van der Waals surface area contributed by atoms with Gasteiger partial charge in [-0.05, 0) is 33.6 Å². The van der Waals surface area contributed by atoms with Crippen LogP contribution in [0.15, 0.2) is 16.6 Å². The minimum absolute atomic E-state index is 0.258. The van der Waals surface area contributed by atoms with Crippen LogP contribution in [0.2, 0.25) is 5.02 Å². The van der Waals surface area contributed by atoms with Gasteiger partial charge in [-0.2, -0.15) is 0 Å². The average molecular weight is 328 g/mol. The van der Waals surface area contributed by atoms with Crippen LogP contribution in [0, 0.1) is 0 Å². The summed E-state index contributed by atoms with van der Waals surface area (Å²) in [5, 5.41) is 9.79. The monoisotopic (exact) mass is 326 g/mol. The van der Waals surface area contributed by atoms with Crippen LogP contribution in [0.5, 0.6) is 0 Å². The van der Waals surface area contributed by atoms with E-state index in [2.05, 4.69) is 31.9 Å². The van der Waals surface area contributed by atoms with E-state index in [-0.39, 0.29) is 5.56 Å². The molecule has 0 atom stereocenters. The van der Waals surface area contributed by atoms with Crippen molar-refractivity contribution >= 4 is 49.4 Å². The van der Waals surface area contributed by atoms with Crippen molar-refractivity contribution in [3.63, 3.8) is 0 Å². The van der Waals surface area contributed by atoms with Gasteiger partial charge in [0.25, 0.3) is 0 Å². The highest BCUT2D eigenvalue weighted by Crippen LogP contribution is 2.30. The molecule has 0 bridgehead atoms. The number of rotatable bonds is 2. The molecule has 0 aliphatic carbocycles. The SMILES string of the molecule is O=C(O)c1ccc(Cl)c(Br)c1CBr. The van der Waals surface area contributed by atoms with Crippen LogP contribution in [-0.4, -0.2) is 11.1 Å². The number of benzene rings is 1. The second-order valence-corrected chi connectivity index (χ2v) is 4.09. The topological polar surface area (TPSA) is 37.3 Å². The molecule has 1 aromatic rings. The van der Waals surface area contributed by atoms with Gasteiger partial charge in [0.05, 0.1) is 10.6 Å². The Morgan fingerprint density at radius 2 is 2.15 bits per heavy atom. The number of halogens is 3. The van der Waals surface area contributed by atoms with Crippen LogP contribution in [0.25, 0.3) is 0 Å². The van der Waals surface area contributed by atoms with Gasteiger partial charge in [-0.25, -0.2) is 4.79 Å². The summed E-state index contributed by atoms with van der Waals surface area (Å²) < 4.78 is 0.631. The summed E-state index contributed by atoms with van der Waals surface area (Å²) in [6.45, 7) is 0. The molecular weight excluding hydrogens is 323 g/mol. The fourth-order valence-electron chi connectivity index (χ4n) is 0.924. The Labute approximate surface area is 97.2 Å². The summed E-state index contributed by atoms with van der Waals surface area (Å²) in [5.74, 6) is -0.952. The minimum atomic E-state index is -0.952. The maximum atomic E-state index is 10.8. The lowest BCUT2D eigenvalue weighted by Gasteiger charge is -2.06. The molecule has 0 unspecified atom stereocenters. The van der Waals surface area contributed by atoms with E-state index in [4.69, 9.17) is 16.7 Å². The lowest BCUT2D eigenvalue weighted by atomic mass is 10.1. The smallest absolute Gasteiger partial charge is 0.336 e. The van der Waals surface area contributed by atoms with E-state index in [1.807, 2.05) is 0 Å². The number of hydrogen-bond donors (Lipinski definition) is 1. The fourth-order valence-corrected chi connectivity index (χ4v) is 2.55. The van der Waals surface area contributed by atoms with Crippen molar-refractivity contribution in [2.75, 3.05) is 0 Å². The van der Waals surface area contributed by atoms with Crippen molar-refractivity contribution < 1.29 is 9.90 Å². The van der Waals surface area contributed by atoms with Gasteiger partial charge >= 0.3 is 5.97 Å². The maximum Gasteiger partial charge on any atom is 0.336 e. The Morgan fingerprint density at radius 1 is 1.54 bits per heavy atom. The number of carboxylic acids is 1. The molecule has 70 valence electrons. The number of hydrogen-bond acceptors (Lipinski definition) is 1. The van der Waals surface area contributed by atoms with Crippen LogP contribution in [0.4, 0.5) is 0 Å². The van der Waals surface area contributed by atoms with Crippen LogP contribution in [0.1, 0.15) is 15.9 Å². The molecule has 2 nitrogen and oxygen atoms in total. The molecule has 5 heteroatoms. The van der Waals surface area contributed by atoms with Crippen molar-refractivity contribution in [3.05, 3.63) is 32.8 Å². The van der Waals surface area contributed by atoms with Gasteiger partial charge in [0.15, 0.2) is 0 Å². The molecule has 0 aliphatic rings. The molecule has 0 aliphatic heterocycles. The summed E-state index contributed by atoms with van der Waals surface area (Å²) in [4.78, 5) is 10.8. The first-order valence-corrected chi connectivity index (χ1v) is 5.63. The molecule has 0 saturated carbocycles. The summed E-state index contributed by atoms with van der Waals surface area (Å²) in [6.07, 6.45) is 0. The third kappa shape index (κ3) is 2.24. The Hall–Kier alpha value is -0.0600. The van der Waals surface area contributed by atoms with Crippen LogP contribution >= 0.6 is 43.5 Å². The Bertz CT molecular complexity index is 352. The van der Waals surface area contributed by atoms with Crippen LogP contribution in [-0.2, 0) is 5.33 Å². The molecule has 0 fully saturated rings.